The van der Waals surface area contributed by atoms with E-state index < -0.39 is 64.2 Å². The number of thiazole rings is 1. The number of halogens is 3. The van der Waals surface area contributed by atoms with Gasteiger partial charge in [-0.2, -0.15) is 0 Å². The summed E-state index contributed by atoms with van der Waals surface area (Å²) in [5.74, 6) is -1.31. The van der Waals surface area contributed by atoms with E-state index >= 15 is 8.78 Å². The van der Waals surface area contributed by atoms with Crippen LogP contribution in [0, 0.1) is 29.4 Å². The number of aliphatic hydroxyl groups excluding tert-OH is 1. The molecule has 0 radical (unpaired) electrons. The Bertz CT molecular complexity index is 3190. The molecule has 1 spiro atoms. The van der Waals surface area contributed by atoms with Crippen LogP contribution in [-0.2, 0) is 41.8 Å². The lowest BCUT2D eigenvalue weighted by molar-refractivity contribution is -0.145. The molecule has 3 atom stereocenters. The number of piperazine rings is 2. The van der Waals surface area contributed by atoms with Gasteiger partial charge in [0.15, 0.2) is 5.67 Å². The topological polar surface area (TPSA) is 242 Å². The molecule has 6 N–H and O–H groups in total. The minimum absolute atomic E-state index is 0.00750. The van der Waals surface area contributed by atoms with E-state index in [0.29, 0.717) is 81.5 Å². The summed E-state index contributed by atoms with van der Waals surface area (Å²) < 4.78 is 58.3. The predicted octanol–water partition coefficient (Wildman–Crippen LogP) is 4.64. The zero-order chi connectivity index (χ0) is 64.0. The number of alkyl halides is 1. The van der Waals surface area contributed by atoms with Crippen molar-refractivity contribution in [3.05, 3.63) is 76.7 Å². The fourth-order valence-corrected chi connectivity index (χ4v) is 13.4. The molecule has 22 nitrogen and oxygen atoms in total. The molecule has 5 aliphatic heterocycles. The van der Waals surface area contributed by atoms with Crippen molar-refractivity contribution in [1.82, 2.24) is 55.8 Å². The first kappa shape index (κ1) is 66.2. The number of β-amino-alcohol motifs (C(OH)–C–C–N with tert-alkyl or cyclic N) is 1. The number of nitrogens with zero attached hydrogens (tertiary/aromatic N) is 9. The van der Waals surface area contributed by atoms with Gasteiger partial charge in [-0.05, 0) is 87.1 Å². The summed E-state index contributed by atoms with van der Waals surface area (Å²) in [6, 6.07) is 7.96. The molecule has 10 rings (SSSR count). The van der Waals surface area contributed by atoms with Crippen molar-refractivity contribution in [3.8, 4) is 16.2 Å². The minimum atomic E-state index is -1.99. The highest BCUT2D eigenvalue weighted by atomic mass is 32.1. The second-order valence-electron chi connectivity index (χ2n) is 27.1. The summed E-state index contributed by atoms with van der Waals surface area (Å²) in [5, 5.41) is 25.7. The van der Waals surface area contributed by atoms with Gasteiger partial charge < -0.3 is 55.9 Å². The van der Waals surface area contributed by atoms with Gasteiger partial charge in [-0.3, -0.25) is 38.7 Å². The molecule has 7 heterocycles. The van der Waals surface area contributed by atoms with Crippen LogP contribution in [0.25, 0.3) is 10.4 Å². The van der Waals surface area contributed by atoms with Crippen LogP contribution in [0.3, 0.4) is 0 Å². The number of nitrogens with one attached hydrogen (secondary N) is 5. The average Bonchev–Trinajstić information content (AvgIpc) is 1.18. The molecule has 4 aromatic rings. The quantitative estimate of drug-likeness (QED) is 0.0524. The predicted molar refractivity (Wildman–Crippen MR) is 337 cm³/mol. The zero-order valence-electron chi connectivity index (χ0n) is 52.8. The van der Waals surface area contributed by atoms with Crippen molar-refractivity contribution in [2.24, 2.45) is 10.8 Å². The van der Waals surface area contributed by atoms with E-state index in [2.05, 4.69) is 75.0 Å². The second kappa shape index (κ2) is 28.4. The summed E-state index contributed by atoms with van der Waals surface area (Å²) in [5.41, 5.74) is 1.45. The van der Waals surface area contributed by atoms with Crippen molar-refractivity contribution in [3.63, 3.8) is 0 Å². The third-order valence-electron chi connectivity index (χ3n) is 18.5. The number of carbonyl (C=O) groups excluding carboxylic acids is 5. The number of anilines is 3. The molecule has 26 heteroatoms. The molecule has 6 aliphatic rings. The molecule has 6 fully saturated rings. The molecule has 0 unspecified atom stereocenters. The van der Waals surface area contributed by atoms with Gasteiger partial charge in [-0.15, -0.1) is 11.3 Å². The van der Waals surface area contributed by atoms with Crippen molar-refractivity contribution < 1.29 is 51.7 Å². The van der Waals surface area contributed by atoms with Crippen molar-refractivity contribution in [1.29, 1.82) is 0 Å². The largest absolute Gasteiger partial charge is 0.491 e. The van der Waals surface area contributed by atoms with E-state index in [-0.39, 0.29) is 81.5 Å². The number of aliphatic hydroxyl groups is 1. The lowest BCUT2D eigenvalue weighted by Gasteiger charge is -2.48. The maximum Gasteiger partial charge on any atom is 0.258 e. The van der Waals surface area contributed by atoms with Crippen LogP contribution in [0.4, 0.5) is 30.5 Å². The Morgan fingerprint density at radius 3 is 2.29 bits per heavy atom. The van der Waals surface area contributed by atoms with Crippen LogP contribution in [0.2, 0.25) is 0 Å². The van der Waals surface area contributed by atoms with E-state index in [1.54, 1.807) is 31.2 Å². The fraction of sp³-hybridized carbons (Fsp3) is 0.625. The number of likely N-dealkylation sites (tertiary alicyclic amines) is 2. The van der Waals surface area contributed by atoms with Crippen LogP contribution >= 0.6 is 11.3 Å². The number of benzene rings is 2. The second-order valence-corrected chi connectivity index (χ2v) is 27.9. The number of piperidine rings is 2. The van der Waals surface area contributed by atoms with Gasteiger partial charge in [0.05, 0.1) is 66.3 Å². The average molecular weight is 1270 g/mol. The zero-order valence-corrected chi connectivity index (χ0v) is 53.6. The van der Waals surface area contributed by atoms with E-state index in [0.717, 1.165) is 80.6 Å². The monoisotopic (exact) mass is 1270 g/mol. The maximum absolute atomic E-state index is 15.7. The lowest BCUT2D eigenvalue weighted by atomic mass is 9.82. The number of carbonyl (C=O) groups is 5. The Kier molecular flexibility index (Phi) is 20.9. The number of aryl methyl sites for hydroxylation is 1. The first-order valence-electron chi connectivity index (χ1n) is 31.7. The first-order valence-corrected chi connectivity index (χ1v) is 32.6. The fourth-order valence-electron chi connectivity index (χ4n) is 12.6. The van der Waals surface area contributed by atoms with Gasteiger partial charge >= 0.3 is 0 Å². The molecular formula is C64H89F3N14O8S. The Labute approximate surface area is 529 Å². The smallest absolute Gasteiger partial charge is 0.258 e. The number of hydrogen-bond acceptors (Lipinski definition) is 18. The Morgan fingerprint density at radius 1 is 0.833 bits per heavy atom. The standard InChI is InChI=1S/C64H89F3N14O8S/c1-42-56(90-41-73-42)43-7-8-44(34-70-58(85)50-31-46(82)36-81(50)59(86)57(61(2,3)4)74-60(87)64(67)9-10-64)51(30-43)89-27-16-69-54(83)37-78-23-21-76(22-24-78)25-28-88-26-15-68-52-33-53(72-40-71-52)79-19-13-63(14-20-79)39-80(38-55(84)75-63)49-32-47(65)45(29-48(49)66)35-77-17-11-62(5,6)12-18-77/h7-8,29-30,32-33,40-41,46,50,57,82H,9-28,31,34-39H2,1-6H3,(H,69,83)(H,70,85)(H,74,87)(H,75,84)(H,68,71,72)/t46-,50+,57-/m1/s1. The van der Waals surface area contributed by atoms with Gasteiger partial charge in [0.25, 0.3) is 5.91 Å². The molecular weight excluding hydrogens is 1180 g/mol. The van der Waals surface area contributed by atoms with Crippen LogP contribution in [-0.4, -0.2) is 217 Å². The number of rotatable bonds is 24. The van der Waals surface area contributed by atoms with Gasteiger partial charge in [0.2, 0.25) is 23.6 Å². The Balaban J connectivity index is 0.612. The third-order valence-corrected chi connectivity index (χ3v) is 19.5. The number of aromatic nitrogens is 3. The molecule has 2 aromatic heterocycles. The van der Waals surface area contributed by atoms with E-state index in [1.807, 2.05) is 31.2 Å². The molecule has 1 saturated carbocycles. The van der Waals surface area contributed by atoms with E-state index in [4.69, 9.17) is 9.47 Å². The van der Waals surface area contributed by atoms with Crippen LogP contribution in [0.15, 0.2) is 48.2 Å². The number of hydrogen-bond donors (Lipinski definition) is 6. The molecule has 2 aromatic carbocycles. The van der Waals surface area contributed by atoms with E-state index in [1.165, 1.54) is 34.7 Å². The van der Waals surface area contributed by atoms with Crippen molar-refractivity contribution in [2.45, 2.75) is 129 Å². The highest BCUT2D eigenvalue weighted by Gasteiger charge is 2.53. The molecule has 490 valence electrons. The Morgan fingerprint density at radius 2 is 1.58 bits per heavy atom. The van der Waals surface area contributed by atoms with E-state index in [9.17, 15) is 33.5 Å². The summed E-state index contributed by atoms with van der Waals surface area (Å²) in [7, 11) is 0. The summed E-state index contributed by atoms with van der Waals surface area (Å²) in [6.45, 7) is 21.1. The SMILES string of the molecule is Cc1ncsc1-c1ccc(CNC(=O)[C@@H]2C[C@@H](O)CN2C(=O)[C@@H](NC(=O)C2(F)CC2)C(C)(C)C)c(OCCNC(=O)CN2CCN(CCOCCNc3cc(N4CCC5(CC4)CN(c4cc(F)c(CN6CCC(C)(C)CC6)cc4F)CC(=O)N5)ncn3)CC2)c1. The lowest BCUT2D eigenvalue weighted by Crippen LogP contribution is -2.66. The normalized spacial score (nSPS) is 21.4. The van der Waals surface area contributed by atoms with Crippen molar-refractivity contribution in [2.75, 3.05) is 133 Å². The molecule has 5 amide bonds. The molecule has 1 aliphatic carbocycles. The Hall–Kier alpha value is -6.71. The highest BCUT2D eigenvalue weighted by Crippen LogP contribution is 2.41. The van der Waals surface area contributed by atoms with Crippen LogP contribution in [0.1, 0.15) is 96.4 Å². The summed E-state index contributed by atoms with van der Waals surface area (Å²) >= 11 is 1.49. The summed E-state index contributed by atoms with van der Waals surface area (Å²) in [4.78, 5) is 92.9. The van der Waals surface area contributed by atoms with Gasteiger partial charge in [-0.1, -0.05) is 46.8 Å². The molecule has 90 heavy (non-hydrogen) atoms. The summed E-state index contributed by atoms with van der Waals surface area (Å²) in [6.07, 6.45) is 3.95. The maximum atomic E-state index is 15.7. The number of amides is 5. The van der Waals surface area contributed by atoms with Gasteiger partial charge in [-0.25, -0.2) is 28.1 Å². The van der Waals surface area contributed by atoms with Gasteiger partial charge in [0, 0.05) is 108 Å². The van der Waals surface area contributed by atoms with Crippen LogP contribution < -0.4 is 41.1 Å². The third kappa shape index (κ3) is 16.9. The highest BCUT2D eigenvalue weighted by molar-refractivity contribution is 7.13. The number of ether oxygens (including phenoxy) is 2. The molecule has 0 bridgehead atoms. The molecule has 5 saturated heterocycles. The van der Waals surface area contributed by atoms with Crippen LogP contribution in [0.5, 0.6) is 5.75 Å². The minimum Gasteiger partial charge on any atom is -0.491 e. The van der Waals surface area contributed by atoms with Crippen molar-refractivity contribution >= 4 is 58.2 Å². The van der Waals surface area contributed by atoms with Gasteiger partial charge in [0.1, 0.15) is 54.0 Å². The first-order chi connectivity index (χ1) is 42.9.